The molecule has 2 aromatic rings. The molecule has 1 aliphatic rings. The fourth-order valence-corrected chi connectivity index (χ4v) is 4.23. The molecule has 1 fully saturated rings. The maximum absolute atomic E-state index is 12.8. The van der Waals surface area contributed by atoms with Gasteiger partial charge >= 0.3 is 0 Å². The number of nitrogens with zero attached hydrogens (tertiary/aromatic N) is 2. The summed E-state index contributed by atoms with van der Waals surface area (Å²) in [6.45, 7) is 1.72. The molecule has 3 rings (SSSR count). The van der Waals surface area contributed by atoms with Gasteiger partial charge in [-0.1, -0.05) is 0 Å². The Hall–Kier alpha value is -1.15. The third-order valence-electron chi connectivity index (χ3n) is 3.89. The zero-order chi connectivity index (χ0) is 14.2. The summed E-state index contributed by atoms with van der Waals surface area (Å²) in [6.07, 6.45) is 4.86. The largest absolute Gasteiger partial charge is 0.345 e. The number of halogens is 1. The highest BCUT2D eigenvalue weighted by Crippen LogP contribution is 2.26. The number of nitrogens with one attached hydrogen (secondary N) is 2. The number of aromatic amines is 1. The monoisotopic (exact) mass is 330 g/mol. The molecule has 0 aromatic carbocycles. The third-order valence-corrected chi connectivity index (χ3v) is 5.84. The van der Waals surface area contributed by atoms with Crippen molar-refractivity contribution in [2.75, 3.05) is 20.1 Å². The minimum atomic E-state index is -3.49. The number of hydrogen-bond acceptors (Lipinski definition) is 4. The lowest BCUT2D eigenvalue weighted by molar-refractivity contribution is 0.296. The lowest BCUT2D eigenvalue weighted by Gasteiger charge is -2.30. The Balaban J connectivity index is 0.00000161. The Kier molecular flexibility index (Phi) is 4.88. The number of sulfonamides is 1. The fraction of sp³-hybridized carbons (Fsp3) is 0.462. The Morgan fingerprint density at radius 2 is 2.05 bits per heavy atom. The van der Waals surface area contributed by atoms with Gasteiger partial charge < -0.3 is 10.3 Å². The van der Waals surface area contributed by atoms with E-state index < -0.39 is 10.0 Å². The minimum Gasteiger partial charge on any atom is -0.345 e. The van der Waals surface area contributed by atoms with Crippen LogP contribution in [-0.4, -0.2) is 48.9 Å². The van der Waals surface area contributed by atoms with Crippen LogP contribution in [0.5, 0.6) is 0 Å². The molecule has 116 valence electrons. The van der Waals surface area contributed by atoms with E-state index in [1.165, 1.54) is 10.5 Å². The quantitative estimate of drug-likeness (QED) is 0.890. The summed E-state index contributed by atoms with van der Waals surface area (Å²) in [5, 5.41) is 3.89. The maximum Gasteiger partial charge on any atom is 0.245 e. The molecular formula is C13H19ClN4O2S. The van der Waals surface area contributed by atoms with Crippen LogP contribution in [0.25, 0.3) is 11.0 Å². The Morgan fingerprint density at radius 1 is 1.33 bits per heavy atom. The van der Waals surface area contributed by atoms with Gasteiger partial charge in [0.05, 0.1) is 0 Å². The molecule has 6 nitrogen and oxygen atoms in total. The van der Waals surface area contributed by atoms with E-state index in [1.807, 2.05) is 0 Å². The van der Waals surface area contributed by atoms with Gasteiger partial charge in [0.25, 0.3) is 0 Å². The molecule has 3 heterocycles. The fourth-order valence-electron chi connectivity index (χ4n) is 2.67. The number of H-pyrrole nitrogens is 1. The predicted molar refractivity (Wildman–Crippen MR) is 84.2 cm³/mol. The van der Waals surface area contributed by atoms with Crippen molar-refractivity contribution in [3.8, 4) is 0 Å². The van der Waals surface area contributed by atoms with E-state index >= 15 is 0 Å². The Labute approximate surface area is 130 Å². The summed E-state index contributed by atoms with van der Waals surface area (Å²) in [5.74, 6) is 0. The zero-order valence-corrected chi connectivity index (χ0v) is 13.4. The SMILES string of the molecule is CN(C1CCNCC1)S(=O)(=O)c1c[nH]c2ncccc12.Cl. The lowest BCUT2D eigenvalue weighted by atomic mass is 10.1. The van der Waals surface area contributed by atoms with Crippen LogP contribution in [0.2, 0.25) is 0 Å². The van der Waals surface area contributed by atoms with Crippen LogP contribution >= 0.6 is 12.4 Å². The van der Waals surface area contributed by atoms with E-state index in [0.717, 1.165) is 25.9 Å². The van der Waals surface area contributed by atoms with E-state index in [1.54, 1.807) is 25.4 Å². The molecule has 0 atom stereocenters. The van der Waals surface area contributed by atoms with Gasteiger partial charge in [-0.25, -0.2) is 13.4 Å². The van der Waals surface area contributed by atoms with Crippen molar-refractivity contribution >= 4 is 33.5 Å². The molecule has 0 unspecified atom stereocenters. The van der Waals surface area contributed by atoms with Crippen LogP contribution in [0.15, 0.2) is 29.4 Å². The first kappa shape index (κ1) is 16.2. The van der Waals surface area contributed by atoms with Crippen molar-refractivity contribution in [3.63, 3.8) is 0 Å². The van der Waals surface area contributed by atoms with E-state index in [-0.39, 0.29) is 18.4 Å². The van der Waals surface area contributed by atoms with E-state index in [9.17, 15) is 8.42 Å². The van der Waals surface area contributed by atoms with Crippen LogP contribution in [0, 0.1) is 0 Å². The van der Waals surface area contributed by atoms with Crippen molar-refractivity contribution in [1.29, 1.82) is 0 Å². The van der Waals surface area contributed by atoms with Crippen molar-refractivity contribution in [1.82, 2.24) is 19.6 Å². The van der Waals surface area contributed by atoms with Crippen molar-refractivity contribution in [2.45, 2.75) is 23.8 Å². The summed E-state index contributed by atoms with van der Waals surface area (Å²) in [5.41, 5.74) is 0.602. The van der Waals surface area contributed by atoms with Crippen LogP contribution < -0.4 is 5.32 Å². The second kappa shape index (κ2) is 6.31. The van der Waals surface area contributed by atoms with Gasteiger partial charge in [-0.15, -0.1) is 12.4 Å². The first-order valence-electron chi connectivity index (χ1n) is 6.71. The summed E-state index contributed by atoms with van der Waals surface area (Å²) < 4.78 is 27.0. The number of pyridine rings is 1. The van der Waals surface area contributed by atoms with Crippen molar-refractivity contribution < 1.29 is 8.42 Å². The number of hydrogen-bond donors (Lipinski definition) is 2. The summed E-state index contributed by atoms with van der Waals surface area (Å²) in [6, 6.07) is 3.59. The molecule has 1 aliphatic heterocycles. The second-order valence-electron chi connectivity index (χ2n) is 5.05. The lowest BCUT2D eigenvalue weighted by Crippen LogP contribution is -2.43. The molecule has 8 heteroatoms. The normalized spacial score (nSPS) is 17.0. The Morgan fingerprint density at radius 3 is 2.76 bits per heavy atom. The first-order valence-corrected chi connectivity index (χ1v) is 8.15. The van der Waals surface area contributed by atoms with Gasteiger partial charge in [0.15, 0.2) is 0 Å². The average molecular weight is 331 g/mol. The van der Waals surface area contributed by atoms with Gasteiger partial charge in [-0.3, -0.25) is 0 Å². The van der Waals surface area contributed by atoms with Gasteiger partial charge in [-0.05, 0) is 38.1 Å². The molecule has 2 N–H and O–H groups in total. The van der Waals surface area contributed by atoms with Crippen molar-refractivity contribution in [2.24, 2.45) is 0 Å². The topological polar surface area (TPSA) is 78.1 Å². The van der Waals surface area contributed by atoms with Crippen LogP contribution in [0.1, 0.15) is 12.8 Å². The molecule has 0 saturated carbocycles. The number of rotatable bonds is 3. The van der Waals surface area contributed by atoms with Gasteiger partial charge in [0.2, 0.25) is 10.0 Å². The minimum absolute atomic E-state index is 0. The van der Waals surface area contributed by atoms with Crippen LogP contribution in [-0.2, 0) is 10.0 Å². The van der Waals surface area contributed by atoms with Gasteiger partial charge in [0, 0.05) is 30.9 Å². The van der Waals surface area contributed by atoms with Gasteiger partial charge in [0.1, 0.15) is 10.5 Å². The second-order valence-corrected chi connectivity index (χ2v) is 7.02. The standard InChI is InChI=1S/C13H18N4O2S.ClH/c1-17(10-4-7-14-8-5-10)20(18,19)12-9-16-13-11(12)3-2-6-15-13;/h2-3,6,9-10,14H,4-5,7-8H2,1H3,(H,15,16);1H. The highest BCUT2D eigenvalue weighted by atomic mass is 35.5. The van der Waals surface area contributed by atoms with Crippen LogP contribution in [0.3, 0.4) is 0 Å². The number of fused-ring (bicyclic) bond motifs is 1. The van der Waals surface area contributed by atoms with E-state index in [4.69, 9.17) is 0 Å². The predicted octanol–water partition coefficient (Wildman–Crippen LogP) is 1.36. The maximum atomic E-state index is 12.8. The zero-order valence-electron chi connectivity index (χ0n) is 11.7. The molecule has 1 saturated heterocycles. The number of aromatic nitrogens is 2. The van der Waals surface area contributed by atoms with E-state index in [2.05, 4.69) is 15.3 Å². The molecule has 0 aliphatic carbocycles. The van der Waals surface area contributed by atoms with Crippen LogP contribution in [0.4, 0.5) is 0 Å². The molecule has 21 heavy (non-hydrogen) atoms. The Bertz CT molecular complexity index is 710. The van der Waals surface area contributed by atoms with Gasteiger partial charge in [-0.2, -0.15) is 4.31 Å². The average Bonchev–Trinajstić information content (AvgIpc) is 2.92. The molecule has 2 aromatic heterocycles. The summed E-state index contributed by atoms with van der Waals surface area (Å²) in [7, 11) is -1.82. The van der Waals surface area contributed by atoms with Crippen molar-refractivity contribution in [3.05, 3.63) is 24.5 Å². The smallest absolute Gasteiger partial charge is 0.245 e. The van der Waals surface area contributed by atoms with E-state index in [0.29, 0.717) is 15.9 Å². The number of piperidine rings is 1. The highest BCUT2D eigenvalue weighted by Gasteiger charge is 2.30. The molecular weight excluding hydrogens is 312 g/mol. The molecule has 0 bridgehead atoms. The third kappa shape index (κ3) is 2.91. The molecule has 0 amide bonds. The molecule has 0 radical (unpaired) electrons. The summed E-state index contributed by atoms with van der Waals surface area (Å²) >= 11 is 0. The molecule has 0 spiro atoms. The summed E-state index contributed by atoms with van der Waals surface area (Å²) in [4.78, 5) is 7.37. The highest BCUT2D eigenvalue weighted by molar-refractivity contribution is 7.89. The first-order chi connectivity index (χ1) is 9.60.